The van der Waals surface area contributed by atoms with Gasteiger partial charge in [0.1, 0.15) is 5.65 Å². The molecule has 22 heavy (non-hydrogen) atoms. The van der Waals surface area contributed by atoms with Crippen LogP contribution >= 0.6 is 0 Å². The van der Waals surface area contributed by atoms with Gasteiger partial charge in [0.05, 0.1) is 5.69 Å². The number of pyridine rings is 1. The van der Waals surface area contributed by atoms with E-state index < -0.39 is 0 Å². The minimum absolute atomic E-state index is 0.114. The minimum atomic E-state index is 0.114. The Labute approximate surface area is 128 Å². The summed E-state index contributed by atoms with van der Waals surface area (Å²) >= 11 is 0. The molecule has 110 valence electrons. The van der Waals surface area contributed by atoms with Crippen molar-refractivity contribution < 1.29 is 4.79 Å². The molecule has 0 bridgehead atoms. The fourth-order valence-electron chi connectivity index (χ4n) is 2.59. The van der Waals surface area contributed by atoms with Gasteiger partial charge in [0.2, 0.25) is 5.91 Å². The van der Waals surface area contributed by atoms with Crippen LogP contribution in [0.15, 0.2) is 54.9 Å². The lowest BCUT2D eigenvalue weighted by Gasteiger charge is -2.05. The number of imidazole rings is 1. The van der Waals surface area contributed by atoms with Crippen molar-refractivity contribution in [1.29, 1.82) is 0 Å². The maximum Gasteiger partial charge on any atom is 0.224 e. The highest BCUT2D eigenvalue weighted by Crippen LogP contribution is 2.32. The van der Waals surface area contributed by atoms with Crippen LogP contribution in [0.3, 0.4) is 0 Å². The molecule has 2 aromatic heterocycles. The molecule has 1 aromatic carbocycles. The van der Waals surface area contributed by atoms with E-state index in [9.17, 15) is 4.79 Å². The molecule has 4 rings (SSSR count). The second-order valence-corrected chi connectivity index (χ2v) is 5.87. The fourth-order valence-corrected chi connectivity index (χ4v) is 2.59. The number of anilines is 1. The van der Waals surface area contributed by atoms with Gasteiger partial charge in [0, 0.05) is 30.1 Å². The van der Waals surface area contributed by atoms with Crippen LogP contribution in [0.4, 0.5) is 5.69 Å². The third-order valence-corrected chi connectivity index (χ3v) is 4.00. The van der Waals surface area contributed by atoms with Gasteiger partial charge in [-0.3, -0.25) is 4.79 Å². The van der Waals surface area contributed by atoms with Crippen LogP contribution in [-0.2, 0) is 4.79 Å². The Hall–Kier alpha value is -2.62. The first kappa shape index (κ1) is 13.1. The van der Waals surface area contributed by atoms with E-state index >= 15 is 0 Å². The van der Waals surface area contributed by atoms with Gasteiger partial charge in [0.15, 0.2) is 0 Å². The summed E-state index contributed by atoms with van der Waals surface area (Å²) in [6.07, 6.45) is 7.03. The molecular weight excluding hydrogens is 274 g/mol. The van der Waals surface area contributed by atoms with Crippen LogP contribution < -0.4 is 5.32 Å². The van der Waals surface area contributed by atoms with Gasteiger partial charge in [-0.15, -0.1) is 0 Å². The van der Waals surface area contributed by atoms with E-state index in [0.29, 0.717) is 12.3 Å². The van der Waals surface area contributed by atoms with E-state index in [2.05, 4.69) is 10.3 Å². The SMILES string of the molecule is O=C(CC1CC1)Nc1ccc(-c2cn3ccccc3n2)cc1. The first-order chi connectivity index (χ1) is 10.8. The molecule has 1 aliphatic rings. The first-order valence-electron chi connectivity index (χ1n) is 7.62. The predicted molar refractivity (Wildman–Crippen MR) is 86.6 cm³/mol. The van der Waals surface area contributed by atoms with Gasteiger partial charge < -0.3 is 9.72 Å². The lowest BCUT2D eigenvalue weighted by molar-refractivity contribution is -0.116. The topological polar surface area (TPSA) is 46.4 Å². The summed E-state index contributed by atoms with van der Waals surface area (Å²) in [6, 6.07) is 13.8. The van der Waals surface area contributed by atoms with E-state index in [-0.39, 0.29) is 5.91 Å². The number of benzene rings is 1. The molecule has 1 aliphatic carbocycles. The number of carbonyl (C=O) groups is 1. The van der Waals surface area contributed by atoms with Gasteiger partial charge in [-0.1, -0.05) is 18.2 Å². The largest absolute Gasteiger partial charge is 0.326 e. The number of amides is 1. The molecule has 0 spiro atoms. The summed E-state index contributed by atoms with van der Waals surface area (Å²) in [7, 11) is 0. The number of nitrogens with zero attached hydrogens (tertiary/aromatic N) is 2. The fraction of sp³-hybridized carbons (Fsp3) is 0.222. The average Bonchev–Trinajstić information content (AvgIpc) is 3.23. The Balaban J connectivity index is 1.51. The van der Waals surface area contributed by atoms with Crippen LogP contribution in [0, 0.1) is 5.92 Å². The lowest BCUT2D eigenvalue weighted by Crippen LogP contribution is -2.11. The number of rotatable bonds is 4. The number of fused-ring (bicyclic) bond motifs is 1. The van der Waals surface area contributed by atoms with Gasteiger partial charge in [-0.2, -0.15) is 0 Å². The molecule has 2 heterocycles. The Bertz CT molecular complexity index is 783. The monoisotopic (exact) mass is 291 g/mol. The maximum atomic E-state index is 11.8. The first-order valence-corrected chi connectivity index (χ1v) is 7.62. The quantitative estimate of drug-likeness (QED) is 0.796. The molecular formula is C18H17N3O. The summed E-state index contributed by atoms with van der Waals surface area (Å²) in [5.74, 6) is 0.722. The van der Waals surface area contributed by atoms with E-state index in [1.807, 2.05) is 59.3 Å². The Morgan fingerprint density at radius 1 is 1.18 bits per heavy atom. The second-order valence-electron chi connectivity index (χ2n) is 5.87. The normalized spacial score (nSPS) is 14.2. The summed E-state index contributed by atoms with van der Waals surface area (Å²) in [4.78, 5) is 16.4. The molecule has 0 saturated heterocycles. The molecule has 1 saturated carbocycles. The third-order valence-electron chi connectivity index (χ3n) is 4.00. The molecule has 1 N–H and O–H groups in total. The van der Waals surface area contributed by atoms with Crippen molar-refractivity contribution in [1.82, 2.24) is 9.38 Å². The average molecular weight is 291 g/mol. The van der Waals surface area contributed by atoms with Crippen LogP contribution in [0.5, 0.6) is 0 Å². The van der Waals surface area contributed by atoms with Crippen molar-refractivity contribution in [3.63, 3.8) is 0 Å². The highest BCUT2D eigenvalue weighted by Gasteiger charge is 2.24. The third kappa shape index (κ3) is 2.72. The van der Waals surface area contributed by atoms with Crippen LogP contribution in [0.2, 0.25) is 0 Å². The number of nitrogens with one attached hydrogen (secondary N) is 1. The summed E-state index contributed by atoms with van der Waals surface area (Å²) in [5.41, 5.74) is 3.75. The van der Waals surface area contributed by atoms with Crippen molar-refractivity contribution >= 4 is 17.2 Å². The molecule has 0 atom stereocenters. The van der Waals surface area contributed by atoms with Crippen molar-refractivity contribution in [2.45, 2.75) is 19.3 Å². The summed E-state index contributed by atoms with van der Waals surface area (Å²) in [5, 5.41) is 2.95. The zero-order chi connectivity index (χ0) is 14.9. The molecule has 0 aliphatic heterocycles. The second kappa shape index (κ2) is 5.30. The Morgan fingerprint density at radius 2 is 2.00 bits per heavy atom. The van der Waals surface area contributed by atoms with E-state index in [4.69, 9.17) is 0 Å². The zero-order valence-electron chi connectivity index (χ0n) is 12.2. The van der Waals surface area contributed by atoms with Crippen molar-refractivity contribution in [2.24, 2.45) is 5.92 Å². The van der Waals surface area contributed by atoms with Crippen molar-refractivity contribution in [3.05, 3.63) is 54.9 Å². The number of carbonyl (C=O) groups excluding carboxylic acids is 1. The summed E-state index contributed by atoms with van der Waals surface area (Å²) < 4.78 is 2.00. The van der Waals surface area contributed by atoms with Gasteiger partial charge in [-0.25, -0.2) is 4.98 Å². The van der Waals surface area contributed by atoms with E-state index in [1.165, 1.54) is 12.8 Å². The molecule has 3 aromatic rings. The number of hydrogen-bond acceptors (Lipinski definition) is 2. The molecule has 4 nitrogen and oxygen atoms in total. The zero-order valence-corrected chi connectivity index (χ0v) is 12.2. The highest BCUT2D eigenvalue weighted by molar-refractivity contribution is 5.91. The Morgan fingerprint density at radius 3 is 2.73 bits per heavy atom. The smallest absolute Gasteiger partial charge is 0.224 e. The predicted octanol–water partition coefficient (Wildman–Crippen LogP) is 3.74. The van der Waals surface area contributed by atoms with Crippen molar-refractivity contribution in [3.8, 4) is 11.3 Å². The summed E-state index contributed by atoms with van der Waals surface area (Å²) in [6.45, 7) is 0. The number of hydrogen-bond donors (Lipinski definition) is 1. The van der Waals surface area contributed by atoms with Crippen molar-refractivity contribution in [2.75, 3.05) is 5.32 Å². The van der Waals surface area contributed by atoms with Gasteiger partial charge >= 0.3 is 0 Å². The number of aromatic nitrogens is 2. The standard InChI is InChI=1S/C18H17N3O/c22-18(11-13-4-5-13)19-15-8-6-14(7-9-15)16-12-21-10-2-1-3-17(21)20-16/h1-3,6-10,12-13H,4-5,11H2,(H,19,22). The molecule has 0 unspecified atom stereocenters. The van der Waals surface area contributed by atoms with E-state index in [0.717, 1.165) is 22.6 Å². The molecule has 1 fully saturated rings. The van der Waals surface area contributed by atoms with Crippen LogP contribution in [0.25, 0.3) is 16.9 Å². The molecule has 1 amide bonds. The van der Waals surface area contributed by atoms with Gasteiger partial charge in [-0.05, 0) is 43.0 Å². The Kier molecular flexibility index (Phi) is 3.15. The molecule has 4 heteroatoms. The minimum Gasteiger partial charge on any atom is -0.326 e. The molecule has 0 radical (unpaired) electrons. The lowest BCUT2D eigenvalue weighted by atomic mass is 10.1. The maximum absolute atomic E-state index is 11.8. The van der Waals surface area contributed by atoms with Gasteiger partial charge in [0.25, 0.3) is 0 Å². The van der Waals surface area contributed by atoms with E-state index in [1.54, 1.807) is 0 Å². The van der Waals surface area contributed by atoms with Crippen LogP contribution in [0.1, 0.15) is 19.3 Å². The highest BCUT2D eigenvalue weighted by atomic mass is 16.1. The van der Waals surface area contributed by atoms with Crippen LogP contribution in [-0.4, -0.2) is 15.3 Å².